The molecule has 40 heavy (non-hydrogen) atoms. The first kappa shape index (κ1) is 29.5. The molecule has 2 aromatic heterocycles. The van der Waals surface area contributed by atoms with Gasteiger partial charge in [-0.2, -0.15) is 0 Å². The first-order valence-corrected chi connectivity index (χ1v) is 15.1. The third kappa shape index (κ3) is 6.29. The van der Waals surface area contributed by atoms with E-state index in [1.807, 2.05) is 38.1 Å². The molecule has 2 aromatic carbocycles. The zero-order valence-corrected chi connectivity index (χ0v) is 24.6. The molecule has 2 N–H and O–H groups in total. The third-order valence-corrected chi connectivity index (χ3v) is 8.48. The average molecular weight is 567 g/mol. The van der Waals surface area contributed by atoms with Crippen molar-refractivity contribution in [3.8, 4) is 11.1 Å². The molecule has 0 atom stereocenters. The lowest BCUT2D eigenvalue weighted by Gasteiger charge is -2.17. The second-order valence-corrected chi connectivity index (χ2v) is 11.5. The molecule has 2 heterocycles. The summed E-state index contributed by atoms with van der Waals surface area (Å²) in [4.78, 5) is 4.86. The van der Waals surface area contributed by atoms with Crippen molar-refractivity contribution < 1.29 is 22.8 Å². The number of aliphatic hydroxyl groups is 1. The van der Waals surface area contributed by atoms with Crippen LogP contribution in [0.1, 0.15) is 66.4 Å². The summed E-state index contributed by atoms with van der Waals surface area (Å²) in [7, 11) is -3.97. The maximum absolute atomic E-state index is 13.5. The van der Waals surface area contributed by atoms with Crippen molar-refractivity contribution in [3.63, 3.8) is 0 Å². The summed E-state index contributed by atoms with van der Waals surface area (Å²) in [6, 6.07) is 12.9. The Kier molecular flexibility index (Phi) is 9.44. The molecule has 0 aliphatic rings. The number of nitrogens with one attached hydrogen (secondary N) is 1. The summed E-state index contributed by atoms with van der Waals surface area (Å²) in [5, 5.41) is 13.9. The fourth-order valence-electron chi connectivity index (χ4n) is 4.72. The quantitative estimate of drug-likeness (QED) is 0.214. The minimum absolute atomic E-state index is 0.0857. The number of hydrogen-bond donors (Lipinski definition) is 2. The number of hydrogen-bond acceptors (Lipinski definition) is 7. The fourth-order valence-corrected chi connectivity index (χ4v) is 6.00. The number of nitrogens with zero attached hydrogens (tertiary/aromatic N) is 3. The van der Waals surface area contributed by atoms with Gasteiger partial charge in [0, 0.05) is 30.7 Å². The maximum Gasteiger partial charge on any atom is 0.263 e. The molecule has 9 nitrogen and oxygen atoms in total. The fraction of sp³-hybridized carbons (Fsp3) is 0.400. The lowest BCUT2D eigenvalue weighted by atomic mass is 9.97. The lowest BCUT2D eigenvalue weighted by molar-refractivity contribution is 0.134. The summed E-state index contributed by atoms with van der Waals surface area (Å²) in [6.07, 6.45) is 2.91. The Morgan fingerprint density at radius 2 is 1.85 bits per heavy atom. The molecule has 0 amide bonds. The van der Waals surface area contributed by atoms with Crippen molar-refractivity contribution in [2.45, 2.75) is 78.5 Å². The number of sulfonamides is 1. The molecule has 4 aromatic rings. The van der Waals surface area contributed by atoms with Crippen molar-refractivity contribution in [2.24, 2.45) is 0 Å². The van der Waals surface area contributed by atoms with Gasteiger partial charge in [-0.25, -0.2) is 13.4 Å². The van der Waals surface area contributed by atoms with Crippen LogP contribution in [0.4, 0.5) is 5.82 Å². The highest BCUT2D eigenvalue weighted by Crippen LogP contribution is 2.33. The van der Waals surface area contributed by atoms with Crippen LogP contribution in [0.2, 0.25) is 0 Å². The Balaban J connectivity index is 1.75. The molecular formula is C30H38N4O5S. The summed E-state index contributed by atoms with van der Waals surface area (Å²) >= 11 is 0. The highest BCUT2D eigenvalue weighted by Gasteiger charge is 2.24. The number of aliphatic hydroxyl groups excluding tert-OH is 1. The van der Waals surface area contributed by atoms with Crippen LogP contribution in [0, 0.1) is 20.8 Å². The predicted molar refractivity (Wildman–Crippen MR) is 155 cm³/mol. The highest BCUT2D eigenvalue weighted by atomic mass is 32.2. The van der Waals surface area contributed by atoms with Gasteiger partial charge in [0.05, 0.1) is 29.5 Å². The zero-order valence-electron chi connectivity index (χ0n) is 23.8. The standard InChI is InChI=1S/C30H38N4O5S/c1-6-8-13-29-31-21(4)27(18-35)34(29)17-23-14-15-25(24(16-23)19-38-7-2)26-11-9-10-12-28(26)40(36,37)33-30-20(3)22(5)39-32-30/h9-12,14-16,35H,6-8,13,17-19H2,1-5H3,(H,32,33). The van der Waals surface area contributed by atoms with E-state index in [0.29, 0.717) is 36.6 Å². The van der Waals surface area contributed by atoms with Crippen molar-refractivity contribution in [1.82, 2.24) is 14.7 Å². The summed E-state index contributed by atoms with van der Waals surface area (Å²) in [6.45, 7) is 10.8. The first-order valence-electron chi connectivity index (χ1n) is 13.6. The van der Waals surface area contributed by atoms with Crippen LogP contribution < -0.4 is 4.72 Å². The van der Waals surface area contributed by atoms with E-state index < -0.39 is 10.0 Å². The Hall–Kier alpha value is -3.47. The van der Waals surface area contributed by atoms with Gasteiger partial charge >= 0.3 is 0 Å². The summed E-state index contributed by atoms with van der Waals surface area (Å²) in [5.74, 6) is 1.68. The molecular weight excluding hydrogens is 528 g/mol. The largest absolute Gasteiger partial charge is 0.390 e. The van der Waals surface area contributed by atoms with Gasteiger partial charge < -0.3 is 18.9 Å². The molecule has 0 spiro atoms. The van der Waals surface area contributed by atoms with Crippen molar-refractivity contribution in [2.75, 3.05) is 11.3 Å². The Labute approximate surface area is 236 Å². The third-order valence-electron chi connectivity index (χ3n) is 7.08. The first-order chi connectivity index (χ1) is 19.2. The predicted octanol–water partition coefficient (Wildman–Crippen LogP) is 5.68. The van der Waals surface area contributed by atoms with Crippen LogP contribution in [-0.2, 0) is 40.9 Å². The van der Waals surface area contributed by atoms with E-state index >= 15 is 0 Å². The Morgan fingerprint density at radius 1 is 1.07 bits per heavy atom. The smallest absolute Gasteiger partial charge is 0.263 e. The van der Waals surface area contributed by atoms with E-state index in [4.69, 9.17) is 14.2 Å². The Morgan fingerprint density at radius 3 is 2.52 bits per heavy atom. The zero-order chi connectivity index (χ0) is 28.9. The number of imidazole rings is 1. The van der Waals surface area contributed by atoms with Crippen LogP contribution in [-0.4, -0.2) is 34.8 Å². The second kappa shape index (κ2) is 12.8. The van der Waals surface area contributed by atoms with Crippen LogP contribution in [0.5, 0.6) is 0 Å². The van der Waals surface area contributed by atoms with Gasteiger partial charge in [-0.05, 0) is 56.9 Å². The molecule has 4 rings (SSSR count). The van der Waals surface area contributed by atoms with Gasteiger partial charge in [-0.15, -0.1) is 0 Å². The molecule has 0 aliphatic heterocycles. The summed E-state index contributed by atoms with van der Waals surface area (Å²) < 4.78 is 42.7. The van der Waals surface area contributed by atoms with Gasteiger partial charge in [0.2, 0.25) is 0 Å². The molecule has 214 valence electrons. The molecule has 0 aliphatic carbocycles. The number of rotatable bonds is 13. The van der Waals surface area contributed by atoms with Crippen LogP contribution in [0.15, 0.2) is 51.9 Å². The van der Waals surface area contributed by atoms with Gasteiger partial charge in [0.15, 0.2) is 5.82 Å². The maximum atomic E-state index is 13.5. The van der Waals surface area contributed by atoms with E-state index in [9.17, 15) is 13.5 Å². The van der Waals surface area contributed by atoms with Crippen molar-refractivity contribution in [1.29, 1.82) is 0 Å². The molecule has 0 saturated carbocycles. The summed E-state index contributed by atoms with van der Waals surface area (Å²) in [5.41, 5.74) is 5.49. The Bertz CT molecular complexity index is 1570. The molecule has 0 radical (unpaired) electrons. The molecule has 10 heteroatoms. The van der Waals surface area contributed by atoms with E-state index in [1.165, 1.54) is 0 Å². The van der Waals surface area contributed by atoms with Crippen LogP contribution in [0.3, 0.4) is 0 Å². The molecule has 0 bridgehead atoms. The number of anilines is 1. The number of benzene rings is 2. The number of aryl methyl sites for hydroxylation is 3. The second-order valence-electron chi connectivity index (χ2n) is 9.85. The van der Waals surface area contributed by atoms with E-state index in [0.717, 1.165) is 53.2 Å². The van der Waals surface area contributed by atoms with Crippen LogP contribution in [0.25, 0.3) is 11.1 Å². The minimum atomic E-state index is -3.97. The van der Waals surface area contributed by atoms with E-state index in [2.05, 4.69) is 21.4 Å². The normalized spacial score (nSPS) is 11.8. The highest BCUT2D eigenvalue weighted by molar-refractivity contribution is 7.92. The monoisotopic (exact) mass is 566 g/mol. The molecule has 0 saturated heterocycles. The van der Waals surface area contributed by atoms with Gasteiger partial charge in [0.25, 0.3) is 10.0 Å². The van der Waals surface area contributed by atoms with Gasteiger partial charge in [-0.3, -0.25) is 4.72 Å². The lowest BCUT2D eigenvalue weighted by Crippen LogP contribution is -2.15. The SMILES string of the molecule is CCCCc1nc(C)c(CO)n1Cc1ccc(-c2ccccc2S(=O)(=O)Nc2noc(C)c2C)c(COCC)c1. The number of unbranched alkanes of at least 4 members (excludes halogenated alkanes) is 1. The van der Waals surface area contributed by atoms with Crippen molar-refractivity contribution in [3.05, 3.63) is 82.1 Å². The number of aromatic nitrogens is 3. The van der Waals surface area contributed by atoms with Gasteiger partial charge in [0.1, 0.15) is 11.6 Å². The van der Waals surface area contributed by atoms with Gasteiger partial charge in [-0.1, -0.05) is 54.9 Å². The average Bonchev–Trinajstić information content (AvgIpc) is 3.42. The number of ether oxygens (including phenoxy) is 1. The van der Waals surface area contributed by atoms with Crippen LogP contribution >= 0.6 is 0 Å². The van der Waals surface area contributed by atoms with Crippen molar-refractivity contribution >= 4 is 15.8 Å². The minimum Gasteiger partial charge on any atom is -0.390 e. The topological polar surface area (TPSA) is 119 Å². The van der Waals surface area contributed by atoms with E-state index in [-0.39, 0.29) is 17.3 Å². The van der Waals surface area contributed by atoms with E-state index in [1.54, 1.807) is 32.0 Å². The molecule has 0 unspecified atom stereocenters. The molecule has 0 fully saturated rings.